The summed E-state index contributed by atoms with van der Waals surface area (Å²) in [5.74, 6) is -0.244. The molecule has 0 aliphatic rings. The van der Waals surface area contributed by atoms with Gasteiger partial charge in [-0.05, 0) is 19.9 Å². The van der Waals surface area contributed by atoms with Crippen LogP contribution in [0.1, 0.15) is 19.8 Å². The molecule has 0 aromatic carbocycles. The van der Waals surface area contributed by atoms with Crippen LogP contribution in [0, 0.1) is 0 Å². The smallest absolute Gasteiger partial charge is 0.351 e. The SMILES string of the molecule is C=CCNC(=O)C(C)NCCCC(F)(F)F. The highest BCUT2D eigenvalue weighted by Crippen LogP contribution is 2.20. The van der Waals surface area contributed by atoms with E-state index < -0.39 is 18.6 Å². The summed E-state index contributed by atoms with van der Waals surface area (Å²) < 4.78 is 35.4. The fourth-order valence-electron chi connectivity index (χ4n) is 1.03. The van der Waals surface area contributed by atoms with E-state index in [2.05, 4.69) is 17.2 Å². The first-order valence-electron chi connectivity index (χ1n) is 5.05. The molecule has 1 atom stereocenters. The number of alkyl halides is 3. The number of halogens is 3. The van der Waals surface area contributed by atoms with E-state index in [4.69, 9.17) is 0 Å². The Labute approximate surface area is 93.1 Å². The van der Waals surface area contributed by atoms with Gasteiger partial charge in [0.1, 0.15) is 0 Å². The summed E-state index contributed by atoms with van der Waals surface area (Å²) in [6.45, 7) is 5.56. The summed E-state index contributed by atoms with van der Waals surface area (Å²) in [5.41, 5.74) is 0. The number of carbonyl (C=O) groups is 1. The van der Waals surface area contributed by atoms with E-state index in [0.717, 1.165) is 0 Å². The van der Waals surface area contributed by atoms with Gasteiger partial charge in [0.25, 0.3) is 0 Å². The van der Waals surface area contributed by atoms with Crippen molar-refractivity contribution in [3.8, 4) is 0 Å². The molecular weight excluding hydrogens is 221 g/mol. The van der Waals surface area contributed by atoms with Crippen molar-refractivity contribution in [1.82, 2.24) is 10.6 Å². The molecule has 0 radical (unpaired) electrons. The lowest BCUT2D eigenvalue weighted by molar-refractivity contribution is -0.135. The second kappa shape index (κ2) is 7.27. The fraction of sp³-hybridized carbons (Fsp3) is 0.700. The molecule has 0 bridgehead atoms. The van der Waals surface area contributed by atoms with Gasteiger partial charge in [-0.2, -0.15) is 13.2 Å². The summed E-state index contributed by atoms with van der Waals surface area (Å²) in [4.78, 5) is 11.2. The molecule has 3 nitrogen and oxygen atoms in total. The highest BCUT2D eigenvalue weighted by molar-refractivity contribution is 5.81. The van der Waals surface area contributed by atoms with Crippen molar-refractivity contribution >= 4 is 5.91 Å². The zero-order valence-electron chi connectivity index (χ0n) is 9.23. The number of hydrogen-bond donors (Lipinski definition) is 2. The molecular formula is C10H17F3N2O. The topological polar surface area (TPSA) is 41.1 Å². The van der Waals surface area contributed by atoms with E-state index >= 15 is 0 Å². The van der Waals surface area contributed by atoms with Crippen LogP contribution in [0.5, 0.6) is 0 Å². The molecule has 94 valence electrons. The highest BCUT2D eigenvalue weighted by atomic mass is 19.4. The van der Waals surface area contributed by atoms with Crippen molar-refractivity contribution in [2.24, 2.45) is 0 Å². The Morgan fingerprint density at radius 3 is 2.62 bits per heavy atom. The van der Waals surface area contributed by atoms with E-state index in [1.54, 1.807) is 6.92 Å². The standard InChI is InChI=1S/C10H17F3N2O/c1-3-6-15-9(16)8(2)14-7-4-5-10(11,12)13/h3,8,14H,1,4-7H2,2H3,(H,15,16). The van der Waals surface area contributed by atoms with Gasteiger partial charge in [-0.3, -0.25) is 4.79 Å². The van der Waals surface area contributed by atoms with Crippen molar-refractivity contribution in [2.45, 2.75) is 32.0 Å². The lowest BCUT2D eigenvalue weighted by Crippen LogP contribution is -2.42. The summed E-state index contributed by atoms with van der Waals surface area (Å²) >= 11 is 0. The quantitative estimate of drug-likeness (QED) is 0.522. The molecule has 0 aromatic rings. The lowest BCUT2D eigenvalue weighted by Gasteiger charge is -2.13. The molecule has 2 N–H and O–H groups in total. The Kier molecular flexibility index (Phi) is 6.80. The van der Waals surface area contributed by atoms with Crippen molar-refractivity contribution in [1.29, 1.82) is 0 Å². The first-order valence-corrected chi connectivity index (χ1v) is 5.05. The molecule has 0 aliphatic carbocycles. The van der Waals surface area contributed by atoms with Gasteiger partial charge in [0, 0.05) is 13.0 Å². The minimum absolute atomic E-state index is 0.0252. The summed E-state index contributed by atoms with van der Waals surface area (Å²) in [6.07, 6.45) is -3.45. The molecule has 1 amide bonds. The van der Waals surface area contributed by atoms with Crippen LogP contribution < -0.4 is 10.6 Å². The molecule has 0 aromatic heterocycles. The van der Waals surface area contributed by atoms with Crippen molar-refractivity contribution in [2.75, 3.05) is 13.1 Å². The molecule has 0 heterocycles. The van der Waals surface area contributed by atoms with Crippen LogP contribution in [0.25, 0.3) is 0 Å². The molecule has 16 heavy (non-hydrogen) atoms. The van der Waals surface area contributed by atoms with Crippen molar-refractivity contribution in [3.05, 3.63) is 12.7 Å². The Balaban J connectivity index is 3.60. The molecule has 0 saturated carbocycles. The average molecular weight is 238 g/mol. The van der Waals surface area contributed by atoms with Crippen LogP contribution in [0.3, 0.4) is 0 Å². The van der Waals surface area contributed by atoms with E-state index in [9.17, 15) is 18.0 Å². The molecule has 1 unspecified atom stereocenters. The number of carbonyl (C=O) groups excluding carboxylic acids is 1. The molecule has 6 heteroatoms. The van der Waals surface area contributed by atoms with Gasteiger partial charge >= 0.3 is 6.18 Å². The first kappa shape index (κ1) is 15.0. The Hall–Kier alpha value is -1.04. The van der Waals surface area contributed by atoms with Gasteiger partial charge in [0.15, 0.2) is 0 Å². The minimum Gasteiger partial charge on any atom is -0.351 e. The van der Waals surface area contributed by atoms with Crippen LogP contribution in [0.15, 0.2) is 12.7 Å². The molecule has 0 fully saturated rings. The fourth-order valence-corrected chi connectivity index (χ4v) is 1.03. The van der Waals surface area contributed by atoms with Gasteiger partial charge in [0.2, 0.25) is 5.91 Å². The summed E-state index contributed by atoms with van der Waals surface area (Å²) in [5, 5.41) is 5.27. The third kappa shape index (κ3) is 8.28. The first-order chi connectivity index (χ1) is 7.37. The van der Waals surface area contributed by atoms with E-state index in [-0.39, 0.29) is 18.9 Å². The van der Waals surface area contributed by atoms with Gasteiger partial charge in [-0.15, -0.1) is 6.58 Å². The number of nitrogens with one attached hydrogen (secondary N) is 2. The summed E-state index contributed by atoms with van der Waals surface area (Å²) in [7, 11) is 0. The van der Waals surface area contributed by atoms with Crippen LogP contribution in [0.4, 0.5) is 13.2 Å². The van der Waals surface area contributed by atoms with Crippen LogP contribution >= 0.6 is 0 Å². The van der Waals surface area contributed by atoms with Crippen molar-refractivity contribution < 1.29 is 18.0 Å². The molecule has 0 aliphatic heterocycles. The van der Waals surface area contributed by atoms with Crippen LogP contribution in [0.2, 0.25) is 0 Å². The molecule has 0 spiro atoms. The number of rotatable bonds is 7. The third-order valence-corrected chi connectivity index (χ3v) is 1.90. The second-order valence-corrected chi connectivity index (χ2v) is 3.43. The van der Waals surface area contributed by atoms with Crippen molar-refractivity contribution in [3.63, 3.8) is 0 Å². The van der Waals surface area contributed by atoms with E-state index in [0.29, 0.717) is 6.54 Å². The third-order valence-electron chi connectivity index (χ3n) is 1.90. The van der Waals surface area contributed by atoms with Crippen LogP contribution in [-0.2, 0) is 4.79 Å². The molecule has 0 rings (SSSR count). The average Bonchev–Trinajstić information content (AvgIpc) is 2.19. The van der Waals surface area contributed by atoms with Gasteiger partial charge < -0.3 is 10.6 Å². The van der Waals surface area contributed by atoms with E-state index in [1.165, 1.54) is 6.08 Å². The predicted molar refractivity (Wildman–Crippen MR) is 56.0 cm³/mol. The molecule has 0 saturated heterocycles. The number of hydrogen-bond acceptors (Lipinski definition) is 2. The zero-order valence-corrected chi connectivity index (χ0v) is 9.23. The van der Waals surface area contributed by atoms with Gasteiger partial charge in [0.05, 0.1) is 6.04 Å². The Bertz CT molecular complexity index is 229. The van der Waals surface area contributed by atoms with Gasteiger partial charge in [-0.25, -0.2) is 0 Å². The Morgan fingerprint density at radius 2 is 2.12 bits per heavy atom. The largest absolute Gasteiger partial charge is 0.389 e. The second-order valence-electron chi connectivity index (χ2n) is 3.43. The monoisotopic (exact) mass is 238 g/mol. The Morgan fingerprint density at radius 1 is 1.50 bits per heavy atom. The normalized spacial score (nSPS) is 13.2. The van der Waals surface area contributed by atoms with Gasteiger partial charge in [-0.1, -0.05) is 6.08 Å². The maximum Gasteiger partial charge on any atom is 0.389 e. The van der Waals surface area contributed by atoms with Crippen LogP contribution in [-0.4, -0.2) is 31.2 Å². The zero-order chi connectivity index (χ0) is 12.6. The highest BCUT2D eigenvalue weighted by Gasteiger charge is 2.26. The minimum atomic E-state index is -4.13. The van der Waals surface area contributed by atoms with E-state index in [1.807, 2.05) is 0 Å². The summed E-state index contributed by atoms with van der Waals surface area (Å²) in [6, 6.07) is -0.492. The maximum absolute atomic E-state index is 11.8. The maximum atomic E-state index is 11.8. The predicted octanol–water partition coefficient (Wildman–Crippen LogP) is 1.61. The lowest BCUT2D eigenvalue weighted by atomic mass is 10.2. The number of amides is 1.